The Bertz CT molecular complexity index is 1080. The van der Waals surface area contributed by atoms with Gasteiger partial charge < -0.3 is 15.5 Å². The molecule has 1 amide bonds. The molecule has 1 aliphatic rings. The van der Waals surface area contributed by atoms with Gasteiger partial charge in [-0.3, -0.25) is 9.78 Å². The molecule has 0 spiro atoms. The Morgan fingerprint density at radius 2 is 1.81 bits per heavy atom. The number of nitrogens with zero attached hydrogens (tertiary/aromatic N) is 4. The average Bonchev–Trinajstić information content (AvgIpc) is 2.78. The molecule has 2 N–H and O–H groups in total. The zero-order chi connectivity index (χ0) is 21.8. The largest absolute Gasteiger partial charge is 0.373 e. The number of hydrogen-bond donors (Lipinski definition) is 2. The van der Waals surface area contributed by atoms with E-state index in [-0.39, 0.29) is 5.91 Å². The lowest BCUT2D eigenvalue weighted by Crippen LogP contribution is -2.38. The monoisotopic (exact) mass is 416 g/mol. The summed E-state index contributed by atoms with van der Waals surface area (Å²) >= 11 is 0. The standard InChI is InChI=1S/C24H28N6O/c1-16-5-4-6-22(28-16)29-20-13-17(2)27-21(15-20)18-8-11-30(12-9-18)24(31)19-7-10-26-23(14-19)25-3/h4-7,10,13-15,18H,8-9,11-12H2,1-3H3,(H,25,26)(H,27,28,29). The van der Waals surface area contributed by atoms with Gasteiger partial charge >= 0.3 is 0 Å². The lowest BCUT2D eigenvalue weighted by atomic mass is 9.92. The normalized spacial score (nSPS) is 14.4. The SMILES string of the molecule is CNc1cc(C(=O)N2CCC(c3cc(Nc4cccc(C)n4)cc(C)n3)CC2)ccn1. The van der Waals surface area contributed by atoms with Crippen LogP contribution in [0.15, 0.2) is 48.7 Å². The molecule has 7 heteroatoms. The first kappa shape index (κ1) is 20.8. The van der Waals surface area contributed by atoms with E-state index in [4.69, 9.17) is 4.98 Å². The maximum Gasteiger partial charge on any atom is 0.254 e. The summed E-state index contributed by atoms with van der Waals surface area (Å²) in [4.78, 5) is 28.3. The highest BCUT2D eigenvalue weighted by molar-refractivity contribution is 5.94. The first-order chi connectivity index (χ1) is 15.0. The van der Waals surface area contributed by atoms with Gasteiger partial charge in [-0.15, -0.1) is 0 Å². The van der Waals surface area contributed by atoms with E-state index in [2.05, 4.69) is 26.7 Å². The zero-order valence-electron chi connectivity index (χ0n) is 18.2. The number of anilines is 3. The average molecular weight is 417 g/mol. The third kappa shape index (κ3) is 4.99. The van der Waals surface area contributed by atoms with Crippen molar-refractivity contribution in [3.63, 3.8) is 0 Å². The van der Waals surface area contributed by atoms with Crippen molar-refractivity contribution in [1.82, 2.24) is 19.9 Å². The second kappa shape index (κ2) is 9.12. The molecular formula is C24H28N6O. The van der Waals surface area contributed by atoms with Crippen molar-refractivity contribution in [2.75, 3.05) is 30.8 Å². The van der Waals surface area contributed by atoms with Crippen LogP contribution >= 0.6 is 0 Å². The first-order valence-electron chi connectivity index (χ1n) is 10.6. The van der Waals surface area contributed by atoms with Gasteiger partial charge in [0.25, 0.3) is 5.91 Å². The van der Waals surface area contributed by atoms with Crippen molar-refractivity contribution in [3.8, 4) is 0 Å². The molecule has 3 aromatic heterocycles. The minimum absolute atomic E-state index is 0.0578. The second-order valence-corrected chi connectivity index (χ2v) is 7.96. The molecule has 0 aliphatic carbocycles. The Labute approximate surface area is 183 Å². The van der Waals surface area contributed by atoms with Gasteiger partial charge in [-0.05, 0) is 63.1 Å². The lowest BCUT2D eigenvalue weighted by molar-refractivity contribution is 0.0712. The molecule has 4 rings (SSSR count). The van der Waals surface area contributed by atoms with Crippen LogP contribution in [-0.2, 0) is 0 Å². The number of pyridine rings is 3. The number of amides is 1. The third-order valence-corrected chi connectivity index (χ3v) is 5.60. The number of aromatic nitrogens is 3. The van der Waals surface area contributed by atoms with Gasteiger partial charge in [0.2, 0.25) is 0 Å². The molecule has 31 heavy (non-hydrogen) atoms. The van der Waals surface area contributed by atoms with Crippen LogP contribution in [0.4, 0.5) is 17.3 Å². The molecule has 0 aromatic carbocycles. The van der Waals surface area contributed by atoms with Crippen LogP contribution in [0.3, 0.4) is 0 Å². The van der Waals surface area contributed by atoms with E-state index in [1.54, 1.807) is 25.4 Å². The Balaban J connectivity index is 1.43. The summed E-state index contributed by atoms with van der Waals surface area (Å²) in [7, 11) is 1.80. The number of carbonyl (C=O) groups excluding carboxylic acids is 1. The van der Waals surface area contributed by atoms with Gasteiger partial charge in [0.1, 0.15) is 11.6 Å². The lowest BCUT2D eigenvalue weighted by Gasteiger charge is -2.32. The Kier molecular flexibility index (Phi) is 6.11. The fraction of sp³-hybridized carbons (Fsp3) is 0.333. The minimum Gasteiger partial charge on any atom is -0.373 e. The molecule has 0 radical (unpaired) electrons. The molecule has 3 aromatic rings. The summed E-state index contributed by atoms with van der Waals surface area (Å²) < 4.78 is 0. The minimum atomic E-state index is 0.0578. The number of aryl methyl sites for hydroxylation is 2. The molecule has 0 bridgehead atoms. The maximum atomic E-state index is 12.9. The maximum absolute atomic E-state index is 12.9. The number of carbonyl (C=O) groups is 1. The summed E-state index contributed by atoms with van der Waals surface area (Å²) in [6.45, 7) is 5.44. The molecule has 1 fully saturated rings. The predicted molar refractivity (Wildman–Crippen MR) is 123 cm³/mol. The molecule has 0 atom stereocenters. The van der Waals surface area contributed by atoms with Gasteiger partial charge in [0.15, 0.2) is 0 Å². The summed E-state index contributed by atoms with van der Waals surface area (Å²) in [5.41, 5.74) is 4.69. The van der Waals surface area contributed by atoms with Gasteiger partial charge in [-0.1, -0.05) is 6.07 Å². The van der Waals surface area contributed by atoms with E-state index in [0.717, 1.165) is 54.5 Å². The van der Waals surface area contributed by atoms with Gasteiger partial charge in [-0.2, -0.15) is 0 Å². The highest BCUT2D eigenvalue weighted by atomic mass is 16.2. The predicted octanol–water partition coefficient (Wildman–Crippen LogP) is 4.29. The smallest absolute Gasteiger partial charge is 0.254 e. The Morgan fingerprint density at radius 1 is 1.00 bits per heavy atom. The van der Waals surface area contributed by atoms with E-state index < -0.39 is 0 Å². The van der Waals surface area contributed by atoms with Crippen LogP contribution in [0.1, 0.15) is 46.2 Å². The number of likely N-dealkylation sites (tertiary alicyclic amines) is 1. The van der Waals surface area contributed by atoms with E-state index in [1.165, 1.54) is 0 Å². The molecule has 160 valence electrons. The molecule has 4 heterocycles. The van der Waals surface area contributed by atoms with Crippen molar-refractivity contribution in [3.05, 3.63) is 71.3 Å². The zero-order valence-corrected chi connectivity index (χ0v) is 18.2. The van der Waals surface area contributed by atoms with Gasteiger partial charge in [0.05, 0.1) is 0 Å². The molecular weight excluding hydrogens is 388 g/mol. The molecule has 0 saturated carbocycles. The first-order valence-corrected chi connectivity index (χ1v) is 10.6. The topological polar surface area (TPSA) is 83.0 Å². The van der Waals surface area contributed by atoms with E-state index in [9.17, 15) is 4.79 Å². The summed E-state index contributed by atoms with van der Waals surface area (Å²) in [6, 6.07) is 13.7. The summed E-state index contributed by atoms with van der Waals surface area (Å²) in [5, 5.41) is 6.38. The van der Waals surface area contributed by atoms with Crippen LogP contribution < -0.4 is 10.6 Å². The number of rotatable bonds is 5. The molecule has 1 saturated heterocycles. The highest BCUT2D eigenvalue weighted by Crippen LogP contribution is 2.30. The fourth-order valence-electron chi connectivity index (χ4n) is 4.00. The van der Waals surface area contributed by atoms with Crippen LogP contribution in [0, 0.1) is 13.8 Å². The van der Waals surface area contributed by atoms with Crippen LogP contribution in [0.5, 0.6) is 0 Å². The molecule has 1 aliphatic heterocycles. The highest BCUT2D eigenvalue weighted by Gasteiger charge is 2.26. The van der Waals surface area contributed by atoms with E-state index in [0.29, 0.717) is 17.3 Å². The Morgan fingerprint density at radius 3 is 2.55 bits per heavy atom. The second-order valence-electron chi connectivity index (χ2n) is 7.96. The third-order valence-electron chi connectivity index (χ3n) is 5.60. The van der Waals surface area contributed by atoms with Crippen molar-refractivity contribution in [1.29, 1.82) is 0 Å². The number of piperidine rings is 1. The van der Waals surface area contributed by atoms with E-state index >= 15 is 0 Å². The van der Waals surface area contributed by atoms with Crippen LogP contribution in [-0.4, -0.2) is 45.9 Å². The van der Waals surface area contributed by atoms with Crippen molar-refractivity contribution >= 4 is 23.2 Å². The van der Waals surface area contributed by atoms with Crippen LogP contribution in [0.2, 0.25) is 0 Å². The summed E-state index contributed by atoms with van der Waals surface area (Å²) in [5.74, 6) is 1.92. The fourth-order valence-corrected chi connectivity index (χ4v) is 4.00. The van der Waals surface area contributed by atoms with Crippen molar-refractivity contribution < 1.29 is 4.79 Å². The van der Waals surface area contributed by atoms with Gasteiger partial charge in [0, 0.05) is 60.6 Å². The van der Waals surface area contributed by atoms with Crippen molar-refractivity contribution in [2.24, 2.45) is 0 Å². The van der Waals surface area contributed by atoms with Crippen molar-refractivity contribution in [2.45, 2.75) is 32.6 Å². The quantitative estimate of drug-likeness (QED) is 0.645. The Hall–Kier alpha value is -3.48. The number of nitrogens with one attached hydrogen (secondary N) is 2. The summed E-state index contributed by atoms with van der Waals surface area (Å²) in [6.07, 6.45) is 3.46. The van der Waals surface area contributed by atoms with Gasteiger partial charge in [-0.25, -0.2) is 9.97 Å². The van der Waals surface area contributed by atoms with E-state index in [1.807, 2.05) is 43.0 Å². The molecule has 0 unspecified atom stereocenters. The molecule has 7 nitrogen and oxygen atoms in total. The van der Waals surface area contributed by atoms with Crippen LogP contribution in [0.25, 0.3) is 0 Å². The number of hydrogen-bond acceptors (Lipinski definition) is 6.